The summed E-state index contributed by atoms with van der Waals surface area (Å²) in [5.41, 5.74) is -0.640. The quantitative estimate of drug-likeness (QED) is 0.230. The first-order chi connectivity index (χ1) is 18.0. The van der Waals surface area contributed by atoms with Gasteiger partial charge in [0.05, 0.1) is 12.8 Å². The molecule has 1 N–H and O–H groups in total. The van der Waals surface area contributed by atoms with Crippen molar-refractivity contribution < 1.29 is 59.9 Å². The third-order valence-electron chi connectivity index (χ3n) is 8.94. The van der Waals surface area contributed by atoms with Crippen molar-refractivity contribution in [2.24, 2.45) is 29.6 Å². The molecule has 3 aliphatic carbocycles. The molecule has 3 saturated carbocycles. The largest absolute Gasteiger partial charge is 0.456 e. The molecule has 7 unspecified atom stereocenters. The summed E-state index contributed by atoms with van der Waals surface area (Å²) >= 11 is 0. The Kier molecular flexibility index (Phi) is 8.03. The number of hydrogen-bond acceptors (Lipinski definition) is 10. The van der Waals surface area contributed by atoms with Gasteiger partial charge in [-0.05, 0) is 68.6 Å². The lowest BCUT2D eigenvalue weighted by atomic mass is 9.82. The zero-order valence-corrected chi connectivity index (χ0v) is 22.8. The Morgan fingerprint density at radius 1 is 1.05 bits per heavy atom. The predicted molar refractivity (Wildman–Crippen MR) is 126 cm³/mol. The summed E-state index contributed by atoms with van der Waals surface area (Å²) in [5, 5.41) is -4.74. The van der Waals surface area contributed by atoms with Gasteiger partial charge in [0.2, 0.25) is 12.2 Å². The standard InChI is InChI=1S/C25H34F2O11S/c1-12(2)24(10-16-14-4-5-15(8-14)17(16)11-24)38-23(31)19-9-18(22(30)37-19)36-21(29)7-6-20(28)35-13(3)25(26,27)39(32,33)34/h12-19H,4-11H2,1-3H3,(H,32,33,34). The van der Waals surface area contributed by atoms with Crippen LogP contribution in [0.25, 0.3) is 0 Å². The lowest BCUT2D eigenvalue weighted by Crippen LogP contribution is -2.42. The average Bonchev–Trinajstić information content (AvgIpc) is 3.59. The van der Waals surface area contributed by atoms with E-state index in [0.717, 1.165) is 12.8 Å². The maximum atomic E-state index is 13.5. The van der Waals surface area contributed by atoms with Crippen LogP contribution in [0.2, 0.25) is 0 Å². The van der Waals surface area contributed by atoms with Gasteiger partial charge in [-0.3, -0.25) is 14.1 Å². The first-order valence-corrected chi connectivity index (χ1v) is 14.6. The molecular formula is C25H34F2O11S. The van der Waals surface area contributed by atoms with Gasteiger partial charge in [0.15, 0.2) is 6.10 Å². The maximum Gasteiger partial charge on any atom is 0.405 e. The summed E-state index contributed by atoms with van der Waals surface area (Å²) in [6, 6.07) is 0. The normalized spacial score (nSPS) is 34.5. The molecule has 0 aromatic heterocycles. The van der Waals surface area contributed by atoms with E-state index in [1.807, 2.05) is 13.8 Å². The van der Waals surface area contributed by atoms with Crippen molar-refractivity contribution in [3.63, 3.8) is 0 Å². The molecule has 39 heavy (non-hydrogen) atoms. The van der Waals surface area contributed by atoms with Gasteiger partial charge in [-0.15, -0.1) is 0 Å². The molecule has 0 radical (unpaired) electrons. The van der Waals surface area contributed by atoms with Gasteiger partial charge in [-0.25, -0.2) is 9.59 Å². The number of ether oxygens (including phenoxy) is 4. The van der Waals surface area contributed by atoms with E-state index in [0.29, 0.717) is 30.6 Å². The summed E-state index contributed by atoms with van der Waals surface area (Å²) in [4.78, 5) is 49.2. The summed E-state index contributed by atoms with van der Waals surface area (Å²) < 4.78 is 77.4. The smallest absolute Gasteiger partial charge is 0.405 e. The van der Waals surface area contributed by atoms with Crippen LogP contribution in [-0.2, 0) is 48.2 Å². The average molecular weight is 581 g/mol. The molecule has 1 saturated heterocycles. The van der Waals surface area contributed by atoms with E-state index < -0.39 is 76.0 Å². The van der Waals surface area contributed by atoms with E-state index >= 15 is 0 Å². The Morgan fingerprint density at radius 3 is 2.15 bits per heavy atom. The lowest BCUT2D eigenvalue weighted by Gasteiger charge is -2.35. The minimum Gasteiger partial charge on any atom is -0.456 e. The Bertz CT molecular complexity index is 1100. The zero-order valence-electron chi connectivity index (χ0n) is 22.0. The molecule has 4 fully saturated rings. The van der Waals surface area contributed by atoms with Crippen LogP contribution < -0.4 is 0 Å². The van der Waals surface area contributed by atoms with Crippen LogP contribution in [0, 0.1) is 29.6 Å². The van der Waals surface area contributed by atoms with Crippen LogP contribution in [0.5, 0.6) is 0 Å². The molecule has 1 heterocycles. The molecule has 220 valence electrons. The second kappa shape index (κ2) is 10.6. The maximum absolute atomic E-state index is 13.5. The lowest BCUT2D eigenvalue weighted by molar-refractivity contribution is -0.179. The molecule has 1 aliphatic heterocycles. The van der Waals surface area contributed by atoms with Crippen molar-refractivity contribution in [1.29, 1.82) is 0 Å². The number of halogens is 2. The predicted octanol–water partition coefficient (Wildman–Crippen LogP) is 2.80. The number of carbonyl (C=O) groups is 4. The molecule has 0 amide bonds. The SMILES string of the molecule is CC(C)C1(OC(=O)C2CC(OC(=O)CCC(=O)OC(C)C(F)(F)S(=O)(=O)O)C(=O)O2)CC2C3CCC(C3)C2C1. The summed E-state index contributed by atoms with van der Waals surface area (Å²) in [7, 11) is -5.83. The zero-order chi connectivity index (χ0) is 28.9. The minimum absolute atomic E-state index is 0.0667. The van der Waals surface area contributed by atoms with Crippen molar-refractivity contribution in [2.75, 3.05) is 0 Å². The molecule has 2 bridgehead atoms. The number of alkyl halides is 2. The van der Waals surface area contributed by atoms with Gasteiger partial charge in [0, 0.05) is 6.42 Å². The molecule has 0 spiro atoms. The van der Waals surface area contributed by atoms with Crippen molar-refractivity contribution >= 4 is 34.0 Å². The van der Waals surface area contributed by atoms with Crippen molar-refractivity contribution in [3.05, 3.63) is 0 Å². The van der Waals surface area contributed by atoms with Gasteiger partial charge in [0.1, 0.15) is 5.60 Å². The van der Waals surface area contributed by atoms with Gasteiger partial charge in [-0.2, -0.15) is 17.2 Å². The van der Waals surface area contributed by atoms with Crippen molar-refractivity contribution in [1.82, 2.24) is 0 Å². The Balaban J connectivity index is 1.25. The fraction of sp³-hybridized carbons (Fsp3) is 0.840. The second-order valence-electron chi connectivity index (χ2n) is 11.5. The fourth-order valence-corrected chi connectivity index (χ4v) is 7.20. The molecule has 4 aliphatic rings. The Morgan fingerprint density at radius 2 is 1.62 bits per heavy atom. The number of esters is 4. The summed E-state index contributed by atoms with van der Waals surface area (Å²) in [6.07, 6.45) is -1.64. The van der Waals surface area contributed by atoms with E-state index in [-0.39, 0.29) is 12.3 Å². The Hall–Kier alpha value is -2.35. The van der Waals surface area contributed by atoms with Crippen LogP contribution in [0.3, 0.4) is 0 Å². The van der Waals surface area contributed by atoms with Crippen molar-refractivity contribution in [3.8, 4) is 0 Å². The minimum atomic E-state index is -5.83. The summed E-state index contributed by atoms with van der Waals surface area (Å²) in [5.74, 6) is -1.58. The van der Waals surface area contributed by atoms with Crippen LogP contribution in [-0.4, -0.2) is 66.0 Å². The number of hydrogen-bond donors (Lipinski definition) is 1. The molecule has 0 aromatic carbocycles. The highest BCUT2D eigenvalue weighted by Gasteiger charge is 2.60. The highest BCUT2D eigenvalue weighted by Crippen LogP contribution is 2.63. The highest BCUT2D eigenvalue weighted by molar-refractivity contribution is 7.86. The van der Waals surface area contributed by atoms with Crippen molar-refractivity contribution in [2.45, 2.75) is 101 Å². The molecule has 4 rings (SSSR count). The molecule has 7 atom stereocenters. The first kappa shape index (κ1) is 29.6. The Labute approximate surface area is 225 Å². The number of carbonyl (C=O) groups excluding carboxylic acids is 4. The third-order valence-corrected chi connectivity index (χ3v) is 9.96. The van der Waals surface area contributed by atoms with E-state index in [2.05, 4.69) is 4.74 Å². The molecular weight excluding hydrogens is 546 g/mol. The van der Waals surface area contributed by atoms with E-state index in [1.54, 1.807) is 0 Å². The van der Waals surface area contributed by atoms with Gasteiger partial charge < -0.3 is 18.9 Å². The highest BCUT2D eigenvalue weighted by atomic mass is 32.2. The van der Waals surface area contributed by atoms with Crippen LogP contribution in [0.15, 0.2) is 0 Å². The monoisotopic (exact) mass is 580 g/mol. The number of cyclic esters (lactones) is 1. The van der Waals surface area contributed by atoms with E-state index in [9.17, 15) is 36.4 Å². The van der Waals surface area contributed by atoms with E-state index in [1.165, 1.54) is 19.3 Å². The second-order valence-corrected chi connectivity index (χ2v) is 13.0. The van der Waals surface area contributed by atoms with Crippen LogP contribution >= 0.6 is 0 Å². The molecule has 11 nitrogen and oxygen atoms in total. The van der Waals surface area contributed by atoms with Crippen LogP contribution in [0.1, 0.15) is 72.1 Å². The first-order valence-electron chi connectivity index (χ1n) is 13.2. The van der Waals surface area contributed by atoms with Crippen LogP contribution in [0.4, 0.5) is 8.78 Å². The van der Waals surface area contributed by atoms with E-state index in [4.69, 9.17) is 18.8 Å². The summed E-state index contributed by atoms with van der Waals surface area (Å²) in [6.45, 7) is 4.58. The third kappa shape index (κ3) is 5.77. The molecule has 0 aromatic rings. The van der Waals surface area contributed by atoms with Gasteiger partial charge >= 0.3 is 39.2 Å². The molecule has 14 heteroatoms. The fourth-order valence-electron chi connectivity index (χ4n) is 6.74. The number of rotatable bonds is 10. The van der Waals surface area contributed by atoms with Gasteiger partial charge in [0.25, 0.3) is 0 Å². The van der Waals surface area contributed by atoms with Gasteiger partial charge in [-0.1, -0.05) is 13.8 Å². The number of fused-ring (bicyclic) bond motifs is 5. The topological polar surface area (TPSA) is 160 Å².